The van der Waals surface area contributed by atoms with E-state index in [1.807, 2.05) is 31.2 Å². The Hall–Kier alpha value is -2.37. The van der Waals surface area contributed by atoms with Crippen LogP contribution in [0.4, 0.5) is 0 Å². The van der Waals surface area contributed by atoms with Crippen LogP contribution in [0.25, 0.3) is 0 Å². The molecule has 0 aromatic heterocycles. The molecule has 0 unspecified atom stereocenters. The molecule has 3 amide bonds. The first-order valence-electron chi connectivity index (χ1n) is 9.96. The van der Waals surface area contributed by atoms with Crippen molar-refractivity contribution in [3.05, 3.63) is 35.4 Å². The second-order valence-electron chi connectivity index (χ2n) is 7.52. The van der Waals surface area contributed by atoms with E-state index in [1.165, 1.54) is 0 Å². The fraction of sp³-hybridized carbons (Fsp3) is 0.571. The number of likely N-dealkylation sites (tertiary alicyclic amines) is 1. The molecule has 1 aromatic carbocycles. The minimum atomic E-state index is -0.00800. The molecule has 2 aliphatic rings. The summed E-state index contributed by atoms with van der Waals surface area (Å²) in [6, 6.07) is 7.58. The van der Waals surface area contributed by atoms with Crippen LogP contribution in [0.3, 0.4) is 0 Å². The predicted octanol–water partition coefficient (Wildman–Crippen LogP) is 2.07. The number of carbonyl (C=O) groups excluding carboxylic acids is 3. The summed E-state index contributed by atoms with van der Waals surface area (Å²) in [5.41, 5.74) is 1.81. The van der Waals surface area contributed by atoms with E-state index in [2.05, 4.69) is 0 Å². The molecule has 1 aromatic rings. The second kappa shape index (κ2) is 9.02. The van der Waals surface area contributed by atoms with Gasteiger partial charge in [0, 0.05) is 44.7 Å². The number of aryl methyl sites for hydroxylation is 1. The van der Waals surface area contributed by atoms with Gasteiger partial charge in [-0.25, -0.2) is 0 Å². The van der Waals surface area contributed by atoms with Crippen LogP contribution in [0.1, 0.15) is 48.0 Å². The molecule has 0 bridgehead atoms. The standard InChI is InChI=1S/C21H29N3O3/c1-17-7-9-18(10-8-17)21(27)23-14-12-22(13-15-23)20(26)16-24-11-5-3-2-4-6-19(24)25/h7-10H,2-6,11-16H2,1H3. The van der Waals surface area contributed by atoms with E-state index in [4.69, 9.17) is 0 Å². The van der Waals surface area contributed by atoms with Gasteiger partial charge in [0.05, 0.1) is 6.54 Å². The van der Waals surface area contributed by atoms with Crippen LogP contribution < -0.4 is 0 Å². The normalized spacial score (nSPS) is 18.9. The molecular formula is C21H29N3O3. The molecule has 0 N–H and O–H groups in total. The van der Waals surface area contributed by atoms with Crippen LogP contribution in [-0.2, 0) is 9.59 Å². The Kier molecular flexibility index (Phi) is 6.48. The fourth-order valence-electron chi connectivity index (χ4n) is 3.68. The van der Waals surface area contributed by atoms with Gasteiger partial charge in [-0.1, -0.05) is 30.5 Å². The van der Waals surface area contributed by atoms with E-state index in [1.54, 1.807) is 14.7 Å². The Morgan fingerprint density at radius 1 is 0.852 bits per heavy atom. The van der Waals surface area contributed by atoms with E-state index < -0.39 is 0 Å². The average molecular weight is 371 g/mol. The van der Waals surface area contributed by atoms with Crippen LogP contribution in [0.2, 0.25) is 0 Å². The SMILES string of the molecule is Cc1ccc(C(=O)N2CCN(C(=O)CN3CCCCCCC3=O)CC2)cc1. The van der Waals surface area contributed by atoms with Crippen LogP contribution in [0.5, 0.6) is 0 Å². The van der Waals surface area contributed by atoms with Crippen molar-refractivity contribution in [3.8, 4) is 0 Å². The molecule has 2 fully saturated rings. The Morgan fingerprint density at radius 2 is 1.48 bits per heavy atom. The second-order valence-corrected chi connectivity index (χ2v) is 7.52. The van der Waals surface area contributed by atoms with Gasteiger partial charge in [-0.15, -0.1) is 0 Å². The zero-order chi connectivity index (χ0) is 19.2. The quantitative estimate of drug-likeness (QED) is 0.817. The third kappa shape index (κ3) is 5.08. The number of benzene rings is 1. The zero-order valence-corrected chi connectivity index (χ0v) is 16.2. The van der Waals surface area contributed by atoms with Crippen molar-refractivity contribution >= 4 is 17.7 Å². The topological polar surface area (TPSA) is 60.9 Å². The first-order chi connectivity index (χ1) is 13.0. The van der Waals surface area contributed by atoms with Gasteiger partial charge in [-0.2, -0.15) is 0 Å². The summed E-state index contributed by atoms with van der Waals surface area (Å²) in [5, 5.41) is 0. The van der Waals surface area contributed by atoms with Crippen molar-refractivity contribution in [1.29, 1.82) is 0 Å². The molecule has 6 heteroatoms. The van der Waals surface area contributed by atoms with Gasteiger partial charge in [0.2, 0.25) is 11.8 Å². The molecule has 3 rings (SSSR count). The lowest BCUT2D eigenvalue weighted by Crippen LogP contribution is -2.53. The van der Waals surface area contributed by atoms with Crippen LogP contribution in [-0.4, -0.2) is 71.7 Å². The molecule has 2 saturated heterocycles. The number of carbonyl (C=O) groups is 3. The molecule has 0 atom stereocenters. The van der Waals surface area contributed by atoms with Gasteiger partial charge in [-0.3, -0.25) is 14.4 Å². The molecular weight excluding hydrogens is 342 g/mol. The first-order valence-corrected chi connectivity index (χ1v) is 9.96. The van der Waals surface area contributed by atoms with Crippen molar-refractivity contribution in [3.63, 3.8) is 0 Å². The van der Waals surface area contributed by atoms with E-state index in [0.29, 0.717) is 44.7 Å². The fourth-order valence-corrected chi connectivity index (χ4v) is 3.68. The van der Waals surface area contributed by atoms with Gasteiger partial charge in [0.15, 0.2) is 0 Å². The molecule has 146 valence electrons. The Morgan fingerprint density at radius 3 is 2.19 bits per heavy atom. The summed E-state index contributed by atoms with van der Waals surface area (Å²) in [7, 11) is 0. The minimum absolute atomic E-state index is 0.00800. The van der Waals surface area contributed by atoms with Gasteiger partial charge in [0.1, 0.15) is 0 Å². The maximum Gasteiger partial charge on any atom is 0.253 e. The highest BCUT2D eigenvalue weighted by Gasteiger charge is 2.27. The summed E-state index contributed by atoms with van der Waals surface area (Å²) in [6.07, 6.45) is 4.66. The highest BCUT2D eigenvalue weighted by atomic mass is 16.2. The van der Waals surface area contributed by atoms with Crippen molar-refractivity contribution < 1.29 is 14.4 Å². The number of nitrogens with zero attached hydrogens (tertiary/aromatic N) is 3. The summed E-state index contributed by atoms with van der Waals surface area (Å²) in [5.74, 6) is 0.101. The maximum absolute atomic E-state index is 12.6. The maximum atomic E-state index is 12.6. The molecule has 0 saturated carbocycles. The molecule has 0 radical (unpaired) electrons. The van der Waals surface area contributed by atoms with Crippen LogP contribution in [0, 0.1) is 6.92 Å². The van der Waals surface area contributed by atoms with Gasteiger partial charge >= 0.3 is 0 Å². The number of hydrogen-bond acceptors (Lipinski definition) is 3. The predicted molar refractivity (Wildman–Crippen MR) is 103 cm³/mol. The Balaban J connectivity index is 1.50. The first kappa shape index (κ1) is 19.4. The third-order valence-corrected chi connectivity index (χ3v) is 5.47. The zero-order valence-electron chi connectivity index (χ0n) is 16.2. The number of piperazine rings is 1. The largest absolute Gasteiger partial charge is 0.338 e. The third-order valence-electron chi connectivity index (χ3n) is 5.47. The lowest BCUT2D eigenvalue weighted by molar-refractivity contribution is -0.141. The van der Waals surface area contributed by atoms with Gasteiger partial charge < -0.3 is 14.7 Å². The molecule has 2 aliphatic heterocycles. The molecule has 0 spiro atoms. The summed E-state index contributed by atoms with van der Waals surface area (Å²) < 4.78 is 0. The average Bonchev–Trinajstić information content (AvgIpc) is 2.68. The van der Waals surface area contributed by atoms with Gasteiger partial charge in [0.25, 0.3) is 5.91 Å². The minimum Gasteiger partial charge on any atom is -0.338 e. The van der Waals surface area contributed by atoms with E-state index in [0.717, 1.165) is 31.2 Å². The van der Waals surface area contributed by atoms with Crippen LogP contribution >= 0.6 is 0 Å². The van der Waals surface area contributed by atoms with Crippen molar-refractivity contribution in [2.24, 2.45) is 0 Å². The van der Waals surface area contributed by atoms with Crippen molar-refractivity contribution in [2.45, 2.75) is 39.0 Å². The van der Waals surface area contributed by atoms with Gasteiger partial charge in [-0.05, 0) is 31.9 Å². The summed E-state index contributed by atoms with van der Waals surface area (Å²) >= 11 is 0. The molecule has 0 aliphatic carbocycles. The lowest BCUT2D eigenvalue weighted by atomic mass is 10.1. The van der Waals surface area contributed by atoms with E-state index in [9.17, 15) is 14.4 Å². The lowest BCUT2D eigenvalue weighted by Gasteiger charge is -2.36. The molecule has 6 nitrogen and oxygen atoms in total. The smallest absolute Gasteiger partial charge is 0.253 e. The van der Waals surface area contributed by atoms with Crippen molar-refractivity contribution in [1.82, 2.24) is 14.7 Å². The number of rotatable bonds is 3. The molecule has 27 heavy (non-hydrogen) atoms. The highest BCUT2D eigenvalue weighted by molar-refractivity contribution is 5.94. The Bertz CT molecular complexity index is 678. The number of hydrogen-bond donors (Lipinski definition) is 0. The van der Waals surface area contributed by atoms with Crippen molar-refractivity contribution in [2.75, 3.05) is 39.3 Å². The monoisotopic (exact) mass is 371 g/mol. The summed E-state index contributed by atoms with van der Waals surface area (Å²) in [4.78, 5) is 42.7. The Labute approximate surface area is 161 Å². The number of amides is 3. The highest BCUT2D eigenvalue weighted by Crippen LogP contribution is 2.13. The van der Waals surface area contributed by atoms with E-state index >= 15 is 0 Å². The molecule has 2 heterocycles. The van der Waals surface area contributed by atoms with Crippen LogP contribution in [0.15, 0.2) is 24.3 Å². The summed E-state index contributed by atoms with van der Waals surface area (Å²) in [6.45, 7) is 4.96. The van der Waals surface area contributed by atoms with E-state index in [-0.39, 0.29) is 24.3 Å².